The van der Waals surface area contributed by atoms with E-state index < -0.39 is 6.26 Å². The van der Waals surface area contributed by atoms with Gasteiger partial charge in [-0.1, -0.05) is 13.3 Å². The number of hydrogen-bond acceptors (Lipinski definition) is 1. The molecule has 0 aromatic heterocycles. The van der Waals surface area contributed by atoms with Gasteiger partial charge in [0.2, 0.25) is 0 Å². The molecule has 0 bridgehead atoms. The SMILES string of the molecule is [2H]C(=O)CCCC. The Bertz CT molecular complexity index is 61.1. The molecule has 0 aliphatic rings. The van der Waals surface area contributed by atoms with Crippen molar-refractivity contribution in [2.45, 2.75) is 26.2 Å². The zero-order valence-electron chi connectivity index (χ0n) is 5.03. The Hall–Kier alpha value is -0.330. The third-order valence-corrected chi connectivity index (χ3v) is 0.632. The van der Waals surface area contributed by atoms with Crippen molar-refractivity contribution in [2.75, 3.05) is 0 Å². The molecule has 0 aromatic carbocycles. The summed E-state index contributed by atoms with van der Waals surface area (Å²) in [6.07, 6.45) is 1.85. The maximum absolute atomic E-state index is 9.87. The number of hydrogen-bond donors (Lipinski definition) is 0. The van der Waals surface area contributed by atoms with Gasteiger partial charge in [-0.05, 0) is 6.42 Å². The molecule has 0 amide bonds. The highest BCUT2D eigenvalue weighted by Gasteiger charge is 1.74. The molecule has 1 heteroatoms. The Morgan fingerprint density at radius 1 is 2.00 bits per heavy atom. The van der Waals surface area contributed by atoms with E-state index in [9.17, 15) is 4.79 Å². The molecular weight excluding hydrogens is 76.1 g/mol. The minimum atomic E-state index is -0.443. The van der Waals surface area contributed by atoms with Gasteiger partial charge in [0.05, 0.1) is 0 Å². The lowest BCUT2D eigenvalue weighted by Gasteiger charge is -1.79. The molecule has 36 valence electrons. The van der Waals surface area contributed by atoms with Crippen LogP contribution in [0.1, 0.15) is 27.6 Å². The average Bonchev–Trinajstić information content (AvgIpc) is 1.61. The molecular formula is C5H10O. The van der Waals surface area contributed by atoms with Gasteiger partial charge in [-0.25, -0.2) is 0 Å². The predicted molar refractivity (Wildman–Crippen MR) is 25.6 cm³/mol. The summed E-state index contributed by atoms with van der Waals surface area (Å²) in [6, 6.07) is 0. The van der Waals surface area contributed by atoms with Gasteiger partial charge in [0.15, 0.2) is 0 Å². The summed E-state index contributed by atoms with van der Waals surface area (Å²) in [7, 11) is 0. The summed E-state index contributed by atoms with van der Waals surface area (Å²) in [6.45, 7) is 2.00. The van der Waals surface area contributed by atoms with Gasteiger partial charge in [0, 0.05) is 6.42 Å². The molecule has 6 heavy (non-hydrogen) atoms. The molecule has 0 atom stereocenters. The van der Waals surface area contributed by atoms with Crippen molar-refractivity contribution >= 4 is 6.26 Å². The van der Waals surface area contributed by atoms with E-state index in [0.29, 0.717) is 6.42 Å². The van der Waals surface area contributed by atoms with Crippen LogP contribution in [0.15, 0.2) is 0 Å². The van der Waals surface area contributed by atoms with Gasteiger partial charge in [0.25, 0.3) is 0 Å². The number of carbonyl (C=O) groups is 1. The molecule has 0 unspecified atom stereocenters. The number of rotatable bonds is 3. The van der Waals surface area contributed by atoms with Crippen LogP contribution in [0.5, 0.6) is 0 Å². The van der Waals surface area contributed by atoms with E-state index in [1.807, 2.05) is 6.92 Å². The highest BCUT2D eigenvalue weighted by atomic mass is 16.1. The van der Waals surface area contributed by atoms with E-state index in [4.69, 9.17) is 1.37 Å². The maximum atomic E-state index is 9.87. The average molecular weight is 87.1 g/mol. The summed E-state index contributed by atoms with van der Waals surface area (Å²) in [5.74, 6) is 0. The first-order valence-electron chi connectivity index (χ1n) is 2.76. The molecule has 0 saturated heterocycles. The van der Waals surface area contributed by atoms with Crippen LogP contribution >= 0.6 is 0 Å². The summed E-state index contributed by atoms with van der Waals surface area (Å²) in [5.41, 5.74) is 0. The van der Waals surface area contributed by atoms with E-state index in [-0.39, 0.29) is 0 Å². The van der Waals surface area contributed by atoms with Crippen LogP contribution in [-0.2, 0) is 4.79 Å². The second kappa shape index (κ2) is 4.67. The fraction of sp³-hybridized carbons (Fsp3) is 0.800. The van der Waals surface area contributed by atoms with Crippen LogP contribution in [0.3, 0.4) is 0 Å². The summed E-state index contributed by atoms with van der Waals surface area (Å²) in [4.78, 5) is 9.87. The molecule has 1 nitrogen and oxygen atoms in total. The Kier molecular flexibility index (Phi) is 2.99. The van der Waals surface area contributed by atoms with Crippen molar-refractivity contribution in [1.82, 2.24) is 0 Å². The lowest BCUT2D eigenvalue weighted by Crippen LogP contribution is -1.70. The predicted octanol–water partition coefficient (Wildman–Crippen LogP) is 1.38. The summed E-state index contributed by atoms with van der Waals surface area (Å²) >= 11 is 0. The standard InChI is InChI=1S/C5H10O/c1-2-3-4-5-6/h5H,2-4H2,1H3/i5D. The largest absolute Gasteiger partial charge is 0.303 e. The van der Waals surface area contributed by atoms with Crippen LogP contribution < -0.4 is 0 Å². The van der Waals surface area contributed by atoms with E-state index >= 15 is 0 Å². The molecule has 0 radical (unpaired) electrons. The lowest BCUT2D eigenvalue weighted by molar-refractivity contribution is -0.107. The van der Waals surface area contributed by atoms with Crippen molar-refractivity contribution in [3.63, 3.8) is 0 Å². The minimum Gasteiger partial charge on any atom is -0.303 e. The van der Waals surface area contributed by atoms with Crippen molar-refractivity contribution in [2.24, 2.45) is 0 Å². The maximum Gasteiger partial charge on any atom is 0.119 e. The van der Waals surface area contributed by atoms with Gasteiger partial charge in [-0.15, -0.1) is 0 Å². The summed E-state index contributed by atoms with van der Waals surface area (Å²) in [5, 5.41) is 0. The molecule has 0 N–H and O–H groups in total. The molecule has 0 saturated carbocycles. The monoisotopic (exact) mass is 87.1 g/mol. The highest BCUT2D eigenvalue weighted by molar-refractivity contribution is 5.48. The van der Waals surface area contributed by atoms with Crippen LogP contribution in [-0.4, -0.2) is 6.26 Å². The molecule has 0 aliphatic heterocycles. The first kappa shape index (κ1) is 3.85. The van der Waals surface area contributed by atoms with Crippen molar-refractivity contribution in [3.8, 4) is 0 Å². The fourth-order valence-electron chi connectivity index (χ4n) is 0.249. The third kappa shape index (κ3) is 3.67. The fourth-order valence-corrected chi connectivity index (χ4v) is 0.249. The normalized spacial score (nSPS) is 10.5. The topological polar surface area (TPSA) is 17.1 Å². The Morgan fingerprint density at radius 3 is 2.83 bits per heavy atom. The second-order valence-electron chi connectivity index (χ2n) is 1.25. The molecule has 0 rings (SSSR count). The van der Waals surface area contributed by atoms with Crippen molar-refractivity contribution in [1.29, 1.82) is 0 Å². The number of unbranched alkanes of at least 4 members (excludes halogenated alkanes) is 1. The quantitative estimate of drug-likeness (QED) is 0.475. The first-order valence-corrected chi connectivity index (χ1v) is 2.26. The Balaban J connectivity index is 2.82. The first-order chi connectivity index (χ1) is 3.27. The second-order valence-corrected chi connectivity index (χ2v) is 1.25. The van der Waals surface area contributed by atoms with Gasteiger partial charge in [-0.2, -0.15) is 0 Å². The lowest BCUT2D eigenvalue weighted by atomic mass is 10.3. The van der Waals surface area contributed by atoms with Gasteiger partial charge in [0.1, 0.15) is 7.63 Å². The Labute approximate surface area is 39.8 Å². The van der Waals surface area contributed by atoms with Crippen molar-refractivity contribution in [3.05, 3.63) is 0 Å². The van der Waals surface area contributed by atoms with E-state index in [0.717, 1.165) is 12.8 Å². The number of carbonyl (C=O) groups excluding carboxylic acids is 1. The minimum absolute atomic E-state index is 0.427. The molecule has 0 spiro atoms. The molecule has 0 aliphatic carbocycles. The summed E-state index contributed by atoms with van der Waals surface area (Å²) < 4.78 is 6.44. The van der Waals surface area contributed by atoms with Crippen LogP contribution in [0.25, 0.3) is 0 Å². The Morgan fingerprint density at radius 2 is 2.67 bits per heavy atom. The van der Waals surface area contributed by atoms with Crippen LogP contribution in [0.2, 0.25) is 0 Å². The van der Waals surface area contributed by atoms with Gasteiger partial charge in [-0.3, -0.25) is 0 Å². The van der Waals surface area contributed by atoms with E-state index in [1.54, 1.807) is 0 Å². The smallest absolute Gasteiger partial charge is 0.119 e. The van der Waals surface area contributed by atoms with Crippen LogP contribution in [0.4, 0.5) is 0 Å². The highest BCUT2D eigenvalue weighted by Crippen LogP contribution is 1.87. The molecule has 0 fully saturated rings. The van der Waals surface area contributed by atoms with Gasteiger partial charge >= 0.3 is 0 Å². The number of aldehydes is 1. The van der Waals surface area contributed by atoms with Crippen LogP contribution in [0, 0.1) is 0 Å². The zero-order valence-corrected chi connectivity index (χ0v) is 4.03. The molecule has 0 heterocycles. The van der Waals surface area contributed by atoms with Gasteiger partial charge < -0.3 is 4.79 Å². The zero-order chi connectivity index (χ0) is 5.70. The van der Waals surface area contributed by atoms with E-state index in [1.165, 1.54) is 0 Å². The molecule has 0 aromatic rings. The van der Waals surface area contributed by atoms with Crippen molar-refractivity contribution < 1.29 is 6.17 Å². The third-order valence-electron chi connectivity index (χ3n) is 0.632. The van der Waals surface area contributed by atoms with E-state index in [2.05, 4.69) is 0 Å².